The van der Waals surface area contributed by atoms with Crippen LogP contribution in [0.1, 0.15) is 45.0 Å². The highest BCUT2D eigenvalue weighted by Crippen LogP contribution is 2.26. The van der Waals surface area contributed by atoms with Gasteiger partial charge in [0.15, 0.2) is 5.78 Å². The Morgan fingerprint density at radius 3 is 1.89 bits per heavy atom. The van der Waals surface area contributed by atoms with Gasteiger partial charge in [-0.05, 0) is 34.6 Å². The first-order valence-corrected chi connectivity index (χ1v) is 5.98. The van der Waals surface area contributed by atoms with E-state index in [4.69, 9.17) is 4.74 Å². The van der Waals surface area contributed by atoms with Gasteiger partial charge in [-0.25, -0.2) is 0 Å². The number of carbonyl (C=O) groups excluding carboxylic acids is 2. The fraction of sp³-hybridized carbons (Fsp3) is 0.467. The molecule has 0 aliphatic heterocycles. The Morgan fingerprint density at radius 1 is 0.944 bits per heavy atom. The molecule has 0 radical (unpaired) electrons. The van der Waals surface area contributed by atoms with E-state index < -0.39 is 17.0 Å². The Hall–Kier alpha value is -1.64. The number of carbonyl (C=O) groups is 2. The van der Waals surface area contributed by atoms with Crippen LogP contribution in [0, 0.1) is 5.41 Å². The molecule has 0 aliphatic carbocycles. The summed E-state index contributed by atoms with van der Waals surface area (Å²) >= 11 is 0. The van der Waals surface area contributed by atoms with Crippen molar-refractivity contribution in [1.29, 1.82) is 0 Å². The van der Waals surface area contributed by atoms with Crippen molar-refractivity contribution in [3.05, 3.63) is 35.9 Å². The quantitative estimate of drug-likeness (QED) is 0.468. The molecule has 0 heterocycles. The molecule has 0 aromatic heterocycles. The summed E-state index contributed by atoms with van der Waals surface area (Å²) in [5.41, 5.74) is -1.24. The molecule has 0 spiro atoms. The normalized spacial score (nSPS) is 12.1. The van der Waals surface area contributed by atoms with Gasteiger partial charge in [-0.3, -0.25) is 9.59 Å². The van der Waals surface area contributed by atoms with Crippen LogP contribution in [0.25, 0.3) is 0 Å². The maximum atomic E-state index is 12.3. The second kappa shape index (κ2) is 4.92. The van der Waals surface area contributed by atoms with Crippen molar-refractivity contribution in [3.63, 3.8) is 0 Å². The summed E-state index contributed by atoms with van der Waals surface area (Å²) < 4.78 is 5.29. The van der Waals surface area contributed by atoms with Crippen molar-refractivity contribution in [2.75, 3.05) is 0 Å². The number of benzene rings is 1. The largest absolute Gasteiger partial charge is 0.459 e. The minimum absolute atomic E-state index is 0.225. The van der Waals surface area contributed by atoms with Crippen molar-refractivity contribution in [1.82, 2.24) is 0 Å². The van der Waals surface area contributed by atoms with Crippen LogP contribution in [0.15, 0.2) is 30.3 Å². The summed E-state index contributed by atoms with van der Waals surface area (Å²) in [4.78, 5) is 24.3. The second-order valence-corrected chi connectivity index (χ2v) is 5.82. The van der Waals surface area contributed by atoms with Crippen molar-refractivity contribution in [2.24, 2.45) is 5.41 Å². The minimum Gasteiger partial charge on any atom is -0.459 e. The standard InChI is InChI=1S/C15H20O3/c1-14(2,3)18-13(17)15(4,5)12(16)11-9-7-6-8-10-11/h6-10H,1-5H3. The molecule has 0 bridgehead atoms. The van der Waals surface area contributed by atoms with Gasteiger partial charge in [0.2, 0.25) is 0 Å². The lowest BCUT2D eigenvalue weighted by atomic mass is 9.84. The third-order valence-corrected chi connectivity index (χ3v) is 2.51. The topological polar surface area (TPSA) is 43.4 Å². The zero-order valence-corrected chi connectivity index (χ0v) is 11.6. The van der Waals surface area contributed by atoms with Crippen molar-refractivity contribution in [2.45, 2.75) is 40.2 Å². The second-order valence-electron chi connectivity index (χ2n) is 5.82. The van der Waals surface area contributed by atoms with Gasteiger partial charge in [-0.2, -0.15) is 0 Å². The first-order valence-electron chi connectivity index (χ1n) is 5.98. The Bertz CT molecular complexity index is 439. The van der Waals surface area contributed by atoms with Crippen LogP contribution < -0.4 is 0 Å². The molecule has 0 atom stereocenters. The fourth-order valence-corrected chi connectivity index (χ4v) is 1.45. The van der Waals surface area contributed by atoms with E-state index in [-0.39, 0.29) is 5.78 Å². The van der Waals surface area contributed by atoms with Crippen LogP contribution in [-0.2, 0) is 9.53 Å². The summed E-state index contributed by atoms with van der Waals surface area (Å²) in [6.45, 7) is 8.54. The van der Waals surface area contributed by atoms with Crippen LogP contribution in [0.4, 0.5) is 0 Å². The fourth-order valence-electron chi connectivity index (χ4n) is 1.45. The van der Waals surface area contributed by atoms with Crippen molar-refractivity contribution >= 4 is 11.8 Å². The Morgan fingerprint density at radius 2 is 1.44 bits per heavy atom. The SMILES string of the molecule is CC(C)(C)OC(=O)C(C)(C)C(=O)c1ccccc1. The number of esters is 1. The zero-order chi connectivity index (χ0) is 14.0. The molecule has 1 aromatic rings. The molecule has 0 saturated heterocycles. The van der Waals surface area contributed by atoms with E-state index in [1.807, 2.05) is 6.07 Å². The highest BCUT2D eigenvalue weighted by molar-refractivity contribution is 6.11. The smallest absolute Gasteiger partial charge is 0.319 e. The molecule has 0 amide bonds. The molecule has 0 fully saturated rings. The Balaban J connectivity index is 2.93. The van der Waals surface area contributed by atoms with Gasteiger partial charge < -0.3 is 4.74 Å². The van der Waals surface area contributed by atoms with Crippen LogP contribution in [0.2, 0.25) is 0 Å². The van der Waals surface area contributed by atoms with Crippen LogP contribution in [0.5, 0.6) is 0 Å². The summed E-state index contributed by atoms with van der Waals surface area (Å²) in [5, 5.41) is 0. The predicted molar refractivity (Wildman–Crippen MR) is 70.4 cm³/mol. The van der Waals surface area contributed by atoms with Gasteiger partial charge in [0, 0.05) is 5.56 Å². The summed E-state index contributed by atoms with van der Waals surface area (Å²) in [6.07, 6.45) is 0. The van der Waals surface area contributed by atoms with Gasteiger partial charge in [0.1, 0.15) is 11.0 Å². The zero-order valence-electron chi connectivity index (χ0n) is 11.6. The molecule has 0 aliphatic rings. The van der Waals surface area contributed by atoms with Crippen LogP contribution >= 0.6 is 0 Å². The van der Waals surface area contributed by atoms with Gasteiger partial charge in [-0.1, -0.05) is 30.3 Å². The van der Waals surface area contributed by atoms with E-state index >= 15 is 0 Å². The minimum atomic E-state index is -1.17. The summed E-state index contributed by atoms with van der Waals surface area (Å²) in [7, 11) is 0. The summed E-state index contributed by atoms with van der Waals surface area (Å²) in [5.74, 6) is -0.721. The third-order valence-electron chi connectivity index (χ3n) is 2.51. The molecule has 0 unspecified atom stereocenters. The molecular weight excluding hydrogens is 228 g/mol. The Labute approximate surface area is 108 Å². The number of Topliss-reactive ketones (excluding diaryl/α,β-unsaturated/α-hetero) is 1. The maximum absolute atomic E-state index is 12.3. The van der Waals surface area contributed by atoms with E-state index in [0.29, 0.717) is 5.56 Å². The van der Waals surface area contributed by atoms with Gasteiger partial charge in [-0.15, -0.1) is 0 Å². The molecular formula is C15H20O3. The third kappa shape index (κ3) is 3.42. The lowest BCUT2D eigenvalue weighted by Gasteiger charge is -2.27. The number of rotatable bonds is 3. The average Bonchev–Trinajstić information content (AvgIpc) is 2.27. The average molecular weight is 248 g/mol. The van der Waals surface area contributed by atoms with Gasteiger partial charge >= 0.3 is 5.97 Å². The molecule has 1 rings (SSSR count). The lowest BCUT2D eigenvalue weighted by Crippen LogP contribution is -2.39. The molecule has 1 aromatic carbocycles. The molecule has 3 heteroatoms. The Kier molecular flexibility index (Phi) is 3.95. The van der Waals surface area contributed by atoms with Crippen LogP contribution in [0.3, 0.4) is 0 Å². The molecule has 98 valence electrons. The van der Waals surface area contributed by atoms with E-state index in [9.17, 15) is 9.59 Å². The summed E-state index contributed by atoms with van der Waals surface area (Å²) in [6, 6.07) is 8.79. The maximum Gasteiger partial charge on any atom is 0.319 e. The molecule has 0 saturated carbocycles. The van der Waals surface area contributed by atoms with Crippen molar-refractivity contribution < 1.29 is 14.3 Å². The number of hydrogen-bond acceptors (Lipinski definition) is 3. The molecule has 18 heavy (non-hydrogen) atoms. The first kappa shape index (κ1) is 14.4. The van der Waals surface area contributed by atoms with E-state index in [0.717, 1.165) is 0 Å². The number of ether oxygens (including phenoxy) is 1. The monoisotopic (exact) mass is 248 g/mol. The van der Waals surface area contributed by atoms with E-state index in [1.54, 1.807) is 58.9 Å². The van der Waals surface area contributed by atoms with E-state index in [1.165, 1.54) is 0 Å². The number of ketones is 1. The lowest BCUT2D eigenvalue weighted by molar-refractivity contribution is -0.162. The highest BCUT2D eigenvalue weighted by atomic mass is 16.6. The predicted octanol–water partition coefficient (Wildman–Crippen LogP) is 3.24. The highest BCUT2D eigenvalue weighted by Gasteiger charge is 2.39. The van der Waals surface area contributed by atoms with Crippen molar-refractivity contribution in [3.8, 4) is 0 Å². The van der Waals surface area contributed by atoms with Crippen LogP contribution in [-0.4, -0.2) is 17.4 Å². The van der Waals surface area contributed by atoms with E-state index in [2.05, 4.69) is 0 Å². The first-order chi connectivity index (χ1) is 8.14. The number of hydrogen-bond donors (Lipinski definition) is 0. The van der Waals surface area contributed by atoms with Gasteiger partial charge in [0.25, 0.3) is 0 Å². The van der Waals surface area contributed by atoms with Gasteiger partial charge in [0.05, 0.1) is 0 Å². The molecule has 3 nitrogen and oxygen atoms in total. The molecule has 0 N–H and O–H groups in total.